The van der Waals surface area contributed by atoms with E-state index >= 15 is 0 Å². The molecule has 114 valence electrons. The normalized spacial score (nSPS) is 18.0. The zero-order valence-electron chi connectivity index (χ0n) is 11.5. The van der Waals surface area contributed by atoms with Gasteiger partial charge in [0.05, 0.1) is 18.2 Å². The summed E-state index contributed by atoms with van der Waals surface area (Å²) in [6.07, 6.45) is 2.21. The molecule has 0 atom stereocenters. The highest BCUT2D eigenvalue weighted by Gasteiger charge is 2.46. The van der Waals surface area contributed by atoms with E-state index in [1.807, 2.05) is 0 Å². The van der Waals surface area contributed by atoms with Crippen molar-refractivity contribution in [2.45, 2.75) is 12.8 Å². The van der Waals surface area contributed by atoms with Crippen LogP contribution < -0.4 is 9.47 Å². The molecule has 6 nitrogen and oxygen atoms in total. The molecule has 1 aromatic carbocycles. The van der Waals surface area contributed by atoms with E-state index in [1.54, 1.807) is 12.1 Å². The van der Waals surface area contributed by atoms with Crippen molar-refractivity contribution in [1.82, 2.24) is 5.16 Å². The third-order valence-electron chi connectivity index (χ3n) is 4.06. The van der Waals surface area contributed by atoms with Gasteiger partial charge in [-0.1, -0.05) is 16.8 Å². The lowest BCUT2D eigenvalue weighted by atomic mass is 10.1. The van der Waals surface area contributed by atoms with Gasteiger partial charge in [-0.05, 0) is 18.9 Å². The number of ether oxygens (including phenoxy) is 2. The predicted octanol–water partition coefficient (Wildman–Crippen LogP) is 3.24. The van der Waals surface area contributed by atoms with Crippen LogP contribution in [0.5, 0.6) is 11.5 Å². The van der Waals surface area contributed by atoms with Crippen LogP contribution in [0.2, 0.25) is 5.02 Å². The fraction of sp³-hybridized carbons (Fsp3) is 0.333. The number of carboxylic acid groups (broad SMARTS) is 1. The van der Waals surface area contributed by atoms with Crippen LogP contribution in [0.25, 0.3) is 11.3 Å². The summed E-state index contributed by atoms with van der Waals surface area (Å²) < 4.78 is 16.4. The number of hydrogen-bond donors (Lipinski definition) is 1. The molecule has 22 heavy (non-hydrogen) atoms. The van der Waals surface area contributed by atoms with Gasteiger partial charge in [0.25, 0.3) is 0 Å². The minimum absolute atomic E-state index is 0.135. The van der Waals surface area contributed by atoms with Crippen LogP contribution in [-0.4, -0.2) is 29.4 Å². The Morgan fingerprint density at radius 3 is 2.45 bits per heavy atom. The van der Waals surface area contributed by atoms with E-state index in [0.717, 1.165) is 12.8 Å². The quantitative estimate of drug-likeness (QED) is 0.914. The molecule has 1 saturated carbocycles. The van der Waals surface area contributed by atoms with E-state index in [-0.39, 0.29) is 11.2 Å². The lowest BCUT2D eigenvalue weighted by molar-refractivity contribution is 0.0652. The second kappa shape index (κ2) is 4.64. The summed E-state index contributed by atoms with van der Waals surface area (Å²) in [6, 6.07) is 4.71. The first-order valence-electron chi connectivity index (χ1n) is 6.86. The summed E-state index contributed by atoms with van der Waals surface area (Å²) in [7, 11) is 0. The average Bonchev–Trinajstić information content (AvgIpc) is 3.14. The maximum Gasteiger partial charge on any atom is 0.374 e. The third kappa shape index (κ3) is 2.20. The fourth-order valence-corrected chi connectivity index (χ4v) is 2.68. The minimum atomic E-state index is -1.18. The number of hydrogen-bond acceptors (Lipinski definition) is 5. The zero-order chi connectivity index (χ0) is 15.3. The number of benzene rings is 1. The summed E-state index contributed by atoms with van der Waals surface area (Å²) >= 11 is 6.26. The molecule has 0 saturated heterocycles. The topological polar surface area (TPSA) is 81.8 Å². The average molecular weight is 322 g/mol. The molecule has 1 fully saturated rings. The van der Waals surface area contributed by atoms with Gasteiger partial charge in [-0.3, -0.25) is 0 Å². The molecule has 7 heteroatoms. The van der Waals surface area contributed by atoms with E-state index in [0.29, 0.717) is 41.0 Å². The van der Waals surface area contributed by atoms with Gasteiger partial charge in [-0.2, -0.15) is 0 Å². The summed E-state index contributed by atoms with van der Waals surface area (Å²) in [5.41, 5.74) is 1.03. The van der Waals surface area contributed by atoms with Gasteiger partial charge >= 0.3 is 5.97 Å². The standard InChI is InChI=1S/C15H12ClNO5/c16-9-4-12-11(20-6-15(1-2-15)7-21-12)3-8(9)10-5-13(14(18)19)22-17-10/h3-5H,1-2,6-7H2,(H,18,19). The van der Waals surface area contributed by atoms with Crippen molar-refractivity contribution in [2.24, 2.45) is 5.41 Å². The van der Waals surface area contributed by atoms with Gasteiger partial charge in [-0.25, -0.2) is 4.79 Å². The number of nitrogens with zero attached hydrogens (tertiary/aromatic N) is 1. The molecule has 1 aliphatic heterocycles. The maximum absolute atomic E-state index is 10.9. The van der Waals surface area contributed by atoms with Crippen LogP contribution in [-0.2, 0) is 0 Å². The van der Waals surface area contributed by atoms with Crippen molar-refractivity contribution in [2.75, 3.05) is 13.2 Å². The minimum Gasteiger partial charge on any atom is -0.489 e. The number of halogens is 1. The Morgan fingerprint density at radius 2 is 1.86 bits per heavy atom. The van der Waals surface area contributed by atoms with E-state index in [9.17, 15) is 4.79 Å². The molecule has 1 aromatic heterocycles. The second-order valence-corrected chi connectivity index (χ2v) is 6.14. The van der Waals surface area contributed by atoms with Crippen LogP contribution >= 0.6 is 11.6 Å². The van der Waals surface area contributed by atoms with Crippen molar-refractivity contribution in [3.8, 4) is 22.8 Å². The van der Waals surface area contributed by atoms with Crippen molar-refractivity contribution < 1.29 is 23.9 Å². The number of aromatic nitrogens is 1. The van der Waals surface area contributed by atoms with Gasteiger partial charge < -0.3 is 19.1 Å². The van der Waals surface area contributed by atoms with Crippen LogP contribution in [0.4, 0.5) is 0 Å². The third-order valence-corrected chi connectivity index (χ3v) is 4.37. The van der Waals surface area contributed by atoms with E-state index < -0.39 is 5.97 Å². The smallest absolute Gasteiger partial charge is 0.374 e. The molecule has 0 radical (unpaired) electrons. The van der Waals surface area contributed by atoms with Crippen LogP contribution in [0, 0.1) is 5.41 Å². The molecular weight excluding hydrogens is 310 g/mol. The zero-order valence-corrected chi connectivity index (χ0v) is 12.2. The lowest BCUT2D eigenvalue weighted by Gasteiger charge is -2.09. The SMILES string of the molecule is O=C(O)c1cc(-c2cc3c(cc2Cl)OCC2(CC2)CO3)no1. The Bertz CT molecular complexity index is 765. The highest BCUT2D eigenvalue weighted by atomic mass is 35.5. The van der Waals surface area contributed by atoms with E-state index in [4.69, 9.17) is 30.7 Å². The number of rotatable bonds is 2. The molecule has 1 N–H and O–H groups in total. The van der Waals surface area contributed by atoms with Crippen molar-refractivity contribution >= 4 is 17.6 Å². The Hall–Kier alpha value is -2.21. The first kappa shape index (κ1) is 13.5. The predicted molar refractivity (Wildman–Crippen MR) is 76.6 cm³/mol. The maximum atomic E-state index is 10.9. The van der Waals surface area contributed by atoms with Crippen molar-refractivity contribution in [3.63, 3.8) is 0 Å². The second-order valence-electron chi connectivity index (χ2n) is 5.74. The highest BCUT2D eigenvalue weighted by Crippen LogP contribution is 2.50. The first-order chi connectivity index (χ1) is 10.6. The van der Waals surface area contributed by atoms with Crippen molar-refractivity contribution in [3.05, 3.63) is 29.0 Å². The molecule has 1 aliphatic carbocycles. The fourth-order valence-electron chi connectivity index (χ4n) is 2.43. The number of aromatic carboxylic acids is 1. The van der Waals surface area contributed by atoms with Crippen LogP contribution in [0.1, 0.15) is 23.4 Å². The first-order valence-corrected chi connectivity index (χ1v) is 7.24. The van der Waals surface area contributed by atoms with Gasteiger partial charge in [0.2, 0.25) is 5.76 Å². The Labute approximate surface area is 130 Å². The summed E-state index contributed by atoms with van der Waals surface area (Å²) in [6.45, 7) is 1.24. The molecule has 2 heterocycles. The van der Waals surface area contributed by atoms with Crippen molar-refractivity contribution in [1.29, 1.82) is 0 Å². The largest absolute Gasteiger partial charge is 0.489 e. The highest BCUT2D eigenvalue weighted by molar-refractivity contribution is 6.33. The summed E-state index contributed by atoms with van der Waals surface area (Å²) in [5.74, 6) is -0.238. The van der Waals surface area contributed by atoms with Gasteiger partial charge in [0.1, 0.15) is 5.69 Å². The number of carboxylic acids is 1. The van der Waals surface area contributed by atoms with Gasteiger partial charge in [0, 0.05) is 23.1 Å². The molecule has 0 unspecified atom stereocenters. The Kier molecular flexibility index (Phi) is 2.84. The molecule has 2 aliphatic rings. The van der Waals surface area contributed by atoms with Crippen LogP contribution in [0.3, 0.4) is 0 Å². The van der Waals surface area contributed by atoms with E-state index in [2.05, 4.69) is 5.16 Å². The molecule has 4 rings (SSSR count). The van der Waals surface area contributed by atoms with Gasteiger partial charge in [-0.15, -0.1) is 0 Å². The molecule has 1 spiro atoms. The Balaban J connectivity index is 1.71. The summed E-state index contributed by atoms with van der Waals surface area (Å²) in [5, 5.41) is 13.0. The Morgan fingerprint density at radius 1 is 1.18 bits per heavy atom. The monoisotopic (exact) mass is 321 g/mol. The molecular formula is C15H12ClNO5. The molecule has 0 bridgehead atoms. The molecule has 2 aromatic rings. The molecule has 0 amide bonds. The van der Waals surface area contributed by atoms with Crippen LogP contribution in [0.15, 0.2) is 22.7 Å². The van der Waals surface area contributed by atoms with Gasteiger partial charge in [0.15, 0.2) is 11.5 Å². The number of carbonyl (C=O) groups is 1. The lowest BCUT2D eigenvalue weighted by Crippen LogP contribution is -2.17. The summed E-state index contributed by atoms with van der Waals surface area (Å²) in [4.78, 5) is 10.9. The van der Waals surface area contributed by atoms with E-state index in [1.165, 1.54) is 6.07 Å². The number of fused-ring (bicyclic) bond motifs is 1.